The first-order valence-electron chi connectivity index (χ1n) is 13.9. The van der Waals surface area contributed by atoms with E-state index in [1.165, 1.54) is 60.9 Å². The van der Waals surface area contributed by atoms with Gasteiger partial charge in [0.15, 0.2) is 0 Å². The maximum atomic E-state index is 2.56. The molecule has 0 aliphatic heterocycles. The van der Waals surface area contributed by atoms with E-state index in [0.29, 0.717) is 0 Å². The molecular weight excluding hydrogens is 531 g/mol. The van der Waals surface area contributed by atoms with Crippen LogP contribution in [0.25, 0.3) is 0 Å². The van der Waals surface area contributed by atoms with Gasteiger partial charge in [-0.05, 0) is 55.7 Å². The zero-order valence-corrected chi connectivity index (χ0v) is 24.8. The second kappa shape index (κ2) is 15.3. The van der Waals surface area contributed by atoms with Gasteiger partial charge < -0.3 is 17.0 Å². The second-order valence-electron chi connectivity index (χ2n) is 10.2. The molecule has 37 heavy (non-hydrogen) atoms. The third-order valence-corrected chi connectivity index (χ3v) is 12.1. The fourth-order valence-electron chi connectivity index (χ4n) is 5.55. The molecule has 0 N–H and O–H groups in total. The summed E-state index contributed by atoms with van der Waals surface area (Å²) in [6.45, 7) is 2.29. The topological polar surface area (TPSA) is 0 Å². The molecule has 0 nitrogen and oxygen atoms in total. The molecule has 1 unspecified atom stereocenters. The molecule has 1 aliphatic carbocycles. The minimum Gasteiger partial charge on any atom is -1.00 e. The minimum absolute atomic E-state index is 0. The summed E-state index contributed by atoms with van der Waals surface area (Å²) in [5.74, 6) is 0. The van der Waals surface area contributed by atoms with E-state index in [-0.39, 0.29) is 22.4 Å². The molecule has 0 bridgehead atoms. The SMILES string of the molecule is CCCCCCCC/C=C/C1(C[P+](c2ccccc2)(c2ccccc2)c2ccccc2)C=CC=CC1.[Br-]. The van der Waals surface area contributed by atoms with Crippen molar-refractivity contribution in [2.75, 3.05) is 6.16 Å². The predicted octanol–water partition coefficient (Wildman–Crippen LogP) is 5.79. The Balaban J connectivity index is 0.00000380. The van der Waals surface area contributed by atoms with Crippen molar-refractivity contribution in [3.63, 3.8) is 0 Å². The van der Waals surface area contributed by atoms with Crippen molar-refractivity contribution < 1.29 is 17.0 Å². The maximum Gasteiger partial charge on any atom is 0.113 e. The van der Waals surface area contributed by atoms with Crippen LogP contribution in [0.4, 0.5) is 0 Å². The van der Waals surface area contributed by atoms with Crippen molar-refractivity contribution in [3.8, 4) is 0 Å². The highest BCUT2D eigenvalue weighted by molar-refractivity contribution is 7.95. The summed E-state index contributed by atoms with van der Waals surface area (Å²) in [5, 5.41) is 4.40. The van der Waals surface area contributed by atoms with E-state index in [0.717, 1.165) is 12.6 Å². The predicted molar refractivity (Wildman–Crippen MR) is 162 cm³/mol. The number of halogens is 1. The summed E-state index contributed by atoms with van der Waals surface area (Å²) >= 11 is 0. The van der Waals surface area contributed by atoms with Crippen molar-refractivity contribution in [1.29, 1.82) is 0 Å². The summed E-state index contributed by atoms with van der Waals surface area (Å²) in [4.78, 5) is 0. The second-order valence-corrected chi connectivity index (χ2v) is 13.6. The van der Waals surface area contributed by atoms with E-state index in [2.05, 4.69) is 134 Å². The molecule has 1 aliphatic rings. The van der Waals surface area contributed by atoms with Gasteiger partial charge in [0.1, 0.15) is 23.2 Å². The van der Waals surface area contributed by atoms with Crippen LogP contribution >= 0.6 is 7.26 Å². The molecule has 4 rings (SSSR count). The summed E-state index contributed by atoms with van der Waals surface area (Å²) in [5.41, 5.74) is 0.0201. The molecule has 3 aromatic carbocycles. The molecule has 3 aromatic rings. The molecule has 0 radical (unpaired) electrons. The third kappa shape index (κ3) is 7.66. The molecular formula is C35H42BrP. The van der Waals surface area contributed by atoms with Crippen molar-refractivity contribution in [2.45, 2.75) is 58.3 Å². The fraction of sp³-hybridized carbons (Fsp3) is 0.314. The van der Waals surface area contributed by atoms with Gasteiger partial charge >= 0.3 is 0 Å². The van der Waals surface area contributed by atoms with Gasteiger partial charge in [0, 0.05) is 5.41 Å². The van der Waals surface area contributed by atoms with Gasteiger partial charge in [-0.25, -0.2) is 0 Å². The monoisotopic (exact) mass is 572 g/mol. The highest BCUT2D eigenvalue weighted by atomic mass is 79.9. The first-order valence-corrected chi connectivity index (χ1v) is 15.8. The first-order chi connectivity index (χ1) is 17.8. The standard InChI is InChI=1S/C35H42P.BrH/c1-2-3-4-5-6-7-8-19-28-35(29-20-12-21-30-35)31-36(32-22-13-9-14-23-32,33-24-15-10-16-25-33)34-26-17-11-18-27-34;/h9-29H,2-8,30-31H2,1H3;1H/q+1;/p-1/b28-19+;. The van der Waals surface area contributed by atoms with Gasteiger partial charge in [0.2, 0.25) is 0 Å². The lowest BCUT2D eigenvalue weighted by molar-refractivity contribution is -0.00000730. The van der Waals surface area contributed by atoms with E-state index in [9.17, 15) is 0 Å². The first kappa shape index (κ1) is 29.3. The number of allylic oxidation sites excluding steroid dienone is 6. The summed E-state index contributed by atoms with van der Waals surface area (Å²) in [7, 11) is -1.90. The lowest BCUT2D eigenvalue weighted by Crippen LogP contribution is -3.00. The number of unbranched alkanes of at least 4 members (excludes halogenated alkanes) is 6. The number of hydrogen-bond donors (Lipinski definition) is 0. The molecule has 0 fully saturated rings. The summed E-state index contributed by atoms with van der Waals surface area (Å²) in [6.07, 6.45) is 25.8. The average Bonchev–Trinajstić information content (AvgIpc) is 2.95. The maximum absolute atomic E-state index is 2.56. The highest BCUT2D eigenvalue weighted by Crippen LogP contribution is 2.60. The zero-order valence-electron chi connectivity index (χ0n) is 22.3. The van der Waals surface area contributed by atoms with Crippen LogP contribution in [0.1, 0.15) is 58.3 Å². The molecule has 2 heteroatoms. The van der Waals surface area contributed by atoms with E-state index >= 15 is 0 Å². The van der Waals surface area contributed by atoms with E-state index < -0.39 is 7.26 Å². The van der Waals surface area contributed by atoms with Crippen LogP contribution in [0, 0.1) is 5.41 Å². The Morgan fingerprint density at radius 2 is 1.19 bits per heavy atom. The van der Waals surface area contributed by atoms with Crippen LogP contribution in [0.3, 0.4) is 0 Å². The van der Waals surface area contributed by atoms with Crippen molar-refractivity contribution in [3.05, 3.63) is 127 Å². The van der Waals surface area contributed by atoms with Gasteiger partial charge in [-0.1, -0.05) is 130 Å². The zero-order chi connectivity index (χ0) is 24.9. The van der Waals surface area contributed by atoms with Crippen LogP contribution in [0.5, 0.6) is 0 Å². The molecule has 0 spiro atoms. The summed E-state index contributed by atoms with van der Waals surface area (Å²) in [6, 6.07) is 33.9. The molecule has 1 atom stereocenters. The van der Waals surface area contributed by atoms with Crippen molar-refractivity contribution in [2.24, 2.45) is 5.41 Å². The quantitative estimate of drug-likeness (QED) is 0.138. The van der Waals surface area contributed by atoms with Crippen LogP contribution in [0.15, 0.2) is 127 Å². The smallest absolute Gasteiger partial charge is 0.113 e. The molecule has 0 amide bonds. The number of benzene rings is 3. The van der Waals surface area contributed by atoms with E-state index in [1.807, 2.05) is 0 Å². The minimum atomic E-state index is -1.90. The van der Waals surface area contributed by atoms with Crippen LogP contribution in [-0.2, 0) is 0 Å². The Morgan fingerprint density at radius 3 is 1.68 bits per heavy atom. The molecule has 0 saturated heterocycles. The summed E-state index contributed by atoms with van der Waals surface area (Å²) < 4.78 is 0. The normalized spacial score (nSPS) is 17.1. The highest BCUT2D eigenvalue weighted by Gasteiger charge is 2.50. The lowest BCUT2D eigenvalue weighted by atomic mass is 9.83. The Labute approximate surface area is 236 Å². The van der Waals surface area contributed by atoms with Crippen LogP contribution in [-0.4, -0.2) is 6.16 Å². The van der Waals surface area contributed by atoms with Gasteiger partial charge in [-0.15, -0.1) is 0 Å². The van der Waals surface area contributed by atoms with Gasteiger partial charge in [-0.2, -0.15) is 0 Å². The number of rotatable bonds is 13. The third-order valence-electron chi connectivity index (χ3n) is 7.47. The van der Waals surface area contributed by atoms with Crippen LogP contribution < -0.4 is 32.9 Å². The van der Waals surface area contributed by atoms with E-state index in [1.54, 1.807) is 0 Å². The van der Waals surface area contributed by atoms with Gasteiger partial charge in [0.05, 0.1) is 6.16 Å². The lowest BCUT2D eigenvalue weighted by Gasteiger charge is -2.36. The Kier molecular flexibility index (Phi) is 12.1. The Bertz CT molecular complexity index is 1020. The molecule has 194 valence electrons. The van der Waals surface area contributed by atoms with Crippen LogP contribution in [0.2, 0.25) is 0 Å². The Hall–Kier alpha value is -2.21. The average molecular weight is 574 g/mol. The fourth-order valence-corrected chi connectivity index (χ4v) is 10.3. The molecule has 0 heterocycles. The largest absolute Gasteiger partial charge is 1.00 e. The van der Waals surface area contributed by atoms with Gasteiger partial charge in [-0.3, -0.25) is 0 Å². The number of hydrogen-bond acceptors (Lipinski definition) is 0. The molecule has 0 aromatic heterocycles. The van der Waals surface area contributed by atoms with Crippen molar-refractivity contribution in [1.82, 2.24) is 0 Å². The van der Waals surface area contributed by atoms with Gasteiger partial charge in [0.25, 0.3) is 0 Å². The Morgan fingerprint density at radius 1 is 0.676 bits per heavy atom. The molecule has 0 saturated carbocycles. The van der Waals surface area contributed by atoms with Crippen molar-refractivity contribution >= 4 is 23.2 Å². The van der Waals surface area contributed by atoms with E-state index in [4.69, 9.17) is 0 Å².